The molecule has 3 aromatic rings. The number of carbonyl (C=O) groups is 1. The van der Waals surface area contributed by atoms with Crippen LogP contribution >= 0.6 is 11.6 Å². The molecule has 0 spiro atoms. The maximum Gasteiger partial charge on any atom is 0.251 e. The Morgan fingerprint density at radius 1 is 1.03 bits per heavy atom. The Labute approximate surface area is 181 Å². The second-order valence-electron chi connectivity index (χ2n) is 6.63. The first kappa shape index (κ1) is 22.0. The highest BCUT2D eigenvalue weighted by molar-refractivity contribution is 7.89. The number of hydrogen-bond acceptors (Lipinski definition) is 4. The molecule has 1 heterocycles. The third-order valence-corrected chi connectivity index (χ3v) is 6.74. The van der Waals surface area contributed by atoms with Crippen molar-refractivity contribution in [3.8, 4) is 0 Å². The van der Waals surface area contributed by atoms with Crippen LogP contribution in [0.3, 0.4) is 0 Å². The van der Waals surface area contributed by atoms with Crippen molar-refractivity contribution in [1.82, 2.24) is 14.6 Å². The molecule has 1 amide bonds. The Morgan fingerprint density at radius 2 is 1.73 bits per heavy atom. The number of carbonyl (C=O) groups excluding carboxylic acids is 1. The summed E-state index contributed by atoms with van der Waals surface area (Å²) in [6.07, 6.45) is 3.38. The molecule has 1 aromatic heterocycles. The average Bonchev–Trinajstić information content (AvgIpc) is 2.77. The fourth-order valence-electron chi connectivity index (χ4n) is 2.87. The van der Waals surface area contributed by atoms with Crippen LogP contribution in [-0.2, 0) is 23.1 Å². The van der Waals surface area contributed by atoms with E-state index in [0.29, 0.717) is 23.7 Å². The Morgan fingerprint density at radius 3 is 2.33 bits per heavy atom. The van der Waals surface area contributed by atoms with Gasteiger partial charge >= 0.3 is 0 Å². The lowest BCUT2D eigenvalue weighted by Gasteiger charge is -2.21. The number of aromatic nitrogens is 1. The monoisotopic (exact) mass is 443 g/mol. The third kappa shape index (κ3) is 5.44. The Bertz CT molecular complexity index is 1090. The molecular formula is C22H22ClN3O3S. The van der Waals surface area contributed by atoms with Gasteiger partial charge in [0.1, 0.15) is 0 Å². The van der Waals surface area contributed by atoms with Crippen molar-refractivity contribution in [1.29, 1.82) is 0 Å². The molecule has 30 heavy (non-hydrogen) atoms. The minimum atomic E-state index is -3.64. The number of hydrogen-bond donors (Lipinski definition) is 1. The molecule has 0 fully saturated rings. The predicted molar refractivity (Wildman–Crippen MR) is 117 cm³/mol. The van der Waals surface area contributed by atoms with Crippen LogP contribution in [0.4, 0.5) is 0 Å². The zero-order chi connectivity index (χ0) is 21.6. The van der Waals surface area contributed by atoms with Crippen LogP contribution in [-0.4, -0.2) is 30.2 Å². The molecule has 1 N–H and O–H groups in total. The molecule has 6 nitrogen and oxygen atoms in total. The first-order valence-corrected chi connectivity index (χ1v) is 11.2. The topological polar surface area (TPSA) is 79.4 Å². The summed E-state index contributed by atoms with van der Waals surface area (Å²) in [4.78, 5) is 16.5. The molecule has 0 saturated carbocycles. The van der Waals surface area contributed by atoms with E-state index in [-0.39, 0.29) is 17.3 Å². The average molecular weight is 444 g/mol. The van der Waals surface area contributed by atoms with Crippen molar-refractivity contribution in [2.45, 2.75) is 24.9 Å². The van der Waals surface area contributed by atoms with E-state index in [0.717, 1.165) is 11.1 Å². The molecule has 2 aromatic carbocycles. The molecule has 0 aliphatic rings. The summed E-state index contributed by atoms with van der Waals surface area (Å²) in [5.41, 5.74) is 2.21. The molecule has 156 valence electrons. The summed E-state index contributed by atoms with van der Waals surface area (Å²) in [6, 6.07) is 16.7. The van der Waals surface area contributed by atoms with Crippen molar-refractivity contribution in [3.05, 3.63) is 94.8 Å². The number of benzene rings is 2. The van der Waals surface area contributed by atoms with Gasteiger partial charge in [0.15, 0.2) is 0 Å². The molecule has 0 atom stereocenters. The van der Waals surface area contributed by atoms with E-state index < -0.39 is 10.0 Å². The van der Waals surface area contributed by atoms with Crippen LogP contribution in [0.2, 0.25) is 5.02 Å². The van der Waals surface area contributed by atoms with Crippen molar-refractivity contribution < 1.29 is 13.2 Å². The van der Waals surface area contributed by atoms with Gasteiger partial charge in [0, 0.05) is 42.6 Å². The number of nitrogens with one attached hydrogen (secondary N) is 1. The fraction of sp³-hybridized carbons (Fsp3) is 0.182. The summed E-state index contributed by atoms with van der Waals surface area (Å²) >= 11 is 5.86. The van der Waals surface area contributed by atoms with E-state index in [9.17, 15) is 13.2 Å². The molecule has 0 unspecified atom stereocenters. The lowest BCUT2D eigenvalue weighted by Crippen LogP contribution is -2.30. The van der Waals surface area contributed by atoms with E-state index in [2.05, 4.69) is 10.3 Å². The van der Waals surface area contributed by atoms with Crippen LogP contribution in [0.5, 0.6) is 0 Å². The number of halogens is 1. The summed E-state index contributed by atoms with van der Waals surface area (Å²) in [5, 5.41) is 3.32. The van der Waals surface area contributed by atoms with Gasteiger partial charge in [-0.25, -0.2) is 8.42 Å². The highest BCUT2D eigenvalue weighted by Gasteiger charge is 2.23. The number of nitrogens with zero attached hydrogens (tertiary/aromatic N) is 2. The van der Waals surface area contributed by atoms with Gasteiger partial charge in [0.2, 0.25) is 10.0 Å². The molecule has 0 radical (unpaired) electrons. The SMILES string of the molecule is CCN(Cc1ccc(C(=O)NCc2cccnc2)cc1)S(=O)(=O)c1ccc(Cl)cc1. The zero-order valence-electron chi connectivity index (χ0n) is 16.5. The van der Waals surface area contributed by atoms with E-state index in [1.165, 1.54) is 16.4 Å². The van der Waals surface area contributed by atoms with Gasteiger partial charge in [-0.05, 0) is 53.6 Å². The van der Waals surface area contributed by atoms with Crippen LogP contribution in [0.15, 0.2) is 78.0 Å². The molecule has 0 aliphatic carbocycles. The third-order valence-electron chi connectivity index (χ3n) is 4.56. The van der Waals surface area contributed by atoms with Crippen LogP contribution in [0.25, 0.3) is 0 Å². The van der Waals surface area contributed by atoms with Crippen molar-refractivity contribution >= 4 is 27.5 Å². The van der Waals surface area contributed by atoms with Crippen LogP contribution in [0, 0.1) is 0 Å². The number of rotatable bonds is 8. The molecule has 0 saturated heterocycles. The van der Waals surface area contributed by atoms with Crippen molar-refractivity contribution in [3.63, 3.8) is 0 Å². The van der Waals surface area contributed by atoms with Gasteiger partial charge in [0.05, 0.1) is 4.90 Å². The van der Waals surface area contributed by atoms with Crippen molar-refractivity contribution in [2.24, 2.45) is 0 Å². The van der Waals surface area contributed by atoms with E-state index in [4.69, 9.17) is 11.6 Å². The highest BCUT2D eigenvalue weighted by atomic mass is 35.5. The van der Waals surface area contributed by atoms with Crippen LogP contribution < -0.4 is 5.32 Å². The maximum atomic E-state index is 12.9. The quantitative estimate of drug-likeness (QED) is 0.573. The normalized spacial score (nSPS) is 11.4. The van der Waals surface area contributed by atoms with E-state index >= 15 is 0 Å². The standard InChI is InChI=1S/C22H22ClN3O3S/c1-2-26(30(28,29)21-11-9-20(23)10-12-21)16-17-5-7-19(8-6-17)22(27)25-15-18-4-3-13-24-14-18/h3-14H,2,15-16H2,1H3,(H,25,27). The van der Waals surface area contributed by atoms with E-state index in [1.54, 1.807) is 55.7 Å². The lowest BCUT2D eigenvalue weighted by molar-refractivity contribution is 0.0951. The first-order chi connectivity index (χ1) is 14.4. The highest BCUT2D eigenvalue weighted by Crippen LogP contribution is 2.20. The van der Waals surface area contributed by atoms with Gasteiger partial charge in [0.25, 0.3) is 5.91 Å². The molecular weight excluding hydrogens is 422 g/mol. The molecule has 3 rings (SSSR count). The van der Waals surface area contributed by atoms with E-state index in [1.807, 2.05) is 12.1 Å². The maximum absolute atomic E-state index is 12.9. The minimum absolute atomic E-state index is 0.195. The number of amides is 1. The Balaban J connectivity index is 1.66. The molecule has 0 aliphatic heterocycles. The summed E-state index contributed by atoms with van der Waals surface area (Å²) in [6.45, 7) is 2.70. The zero-order valence-corrected chi connectivity index (χ0v) is 18.0. The van der Waals surface area contributed by atoms with Gasteiger partial charge in [-0.3, -0.25) is 9.78 Å². The lowest BCUT2D eigenvalue weighted by atomic mass is 10.1. The van der Waals surface area contributed by atoms with Crippen LogP contribution in [0.1, 0.15) is 28.4 Å². The fourth-order valence-corrected chi connectivity index (χ4v) is 4.44. The largest absolute Gasteiger partial charge is 0.348 e. The smallest absolute Gasteiger partial charge is 0.251 e. The van der Waals surface area contributed by atoms with Gasteiger partial charge in [-0.15, -0.1) is 0 Å². The Kier molecular flexibility index (Phi) is 7.20. The number of pyridine rings is 1. The second-order valence-corrected chi connectivity index (χ2v) is 9.00. The van der Waals surface area contributed by atoms with Gasteiger partial charge in [-0.1, -0.05) is 36.7 Å². The predicted octanol–water partition coefficient (Wildman–Crippen LogP) is 3.88. The second kappa shape index (κ2) is 9.84. The minimum Gasteiger partial charge on any atom is -0.348 e. The summed E-state index contributed by atoms with van der Waals surface area (Å²) in [5.74, 6) is -0.202. The molecule has 8 heteroatoms. The van der Waals surface area contributed by atoms with Gasteiger partial charge < -0.3 is 5.32 Å². The summed E-state index contributed by atoms with van der Waals surface area (Å²) in [7, 11) is -3.64. The molecule has 0 bridgehead atoms. The van der Waals surface area contributed by atoms with Crippen molar-refractivity contribution in [2.75, 3.05) is 6.54 Å². The van der Waals surface area contributed by atoms with Gasteiger partial charge in [-0.2, -0.15) is 4.31 Å². The Hall–Kier alpha value is -2.74. The first-order valence-electron chi connectivity index (χ1n) is 9.42. The number of sulfonamides is 1. The summed E-state index contributed by atoms with van der Waals surface area (Å²) < 4.78 is 27.2.